The van der Waals surface area contributed by atoms with Crippen LogP contribution in [0.2, 0.25) is 0 Å². The van der Waals surface area contributed by atoms with Crippen molar-refractivity contribution in [2.45, 2.75) is 45.8 Å². The van der Waals surface area contributed by atoms with Crippen molar-refractivity contribution in [3.8, 4) is 0 Å². The smallest absolute Gasteiger partial charge is 0.399 e. The number of hydrogen-bond donors (Lipinski definition) is 0. The second-order valence-corrected chi connectivity index (χ2v) is 6.52. The van der Waals surface area contributed by atoms with Gasteiger partial charge in [0.05, 0.1) is 11.2 Å². The van der Waals surface area contributed by atoms with Crippen molar-refractivity contribution in [1.82, 2.24) is 0 Å². The van der Waals surface area contributed by atoms with Crippen LogP contribution in [-0.2, 0) is 9.31 Å². The molecular weight excluding hydrogens is 237 g/mol. The van der Waals surface area contributed by atoms with E-state index in [-0.39, 0.29) is 18.3 Å². The monoisotopic (exact) mass is 261 g/mol. The summed E-state index contributed by atoms with van der Waals surface area (Å²) in [5.41, 5.74) is 2.93. The number of anilines is 1. The average molecular weight is 261 g/mol. The van der Waals surface area contributed by atoms with E-state index in [9.17, 15) is 0 Å². The first-order valence-electron chi connectivity index (χ1n) is 6.77. The second kappa shape index (κ2) is 4.53. The van der Waals surface area contributed by atoms with E-state index >= 15 is 0 Å². The van der Waals surface area contributed by atoms with Crippen molar-refractivity contribution in [2.75, 3.05) is 19.0 Å². The van der Waals surface area contributed by atoms with E-state index in [1.54, 1.807) is 0 Å². The third kappa shape index (κ3) is 2.52. The Hall–Kier alpha value is -0.995. The Bertz CT molecular complexity index is 467. The van der Waals surface area contributed by atoms with E-state index < -0.39 is 0 Å². The van der Waals surface area contributed by atoms with Crippen molar-refractivity contribution < 1.29 is 9.31 Å². The minimum atomic E-state index is -0.287. The van der Waals surface area contributed by atoms with E-state index in [0.29, 0.717) is 0 Å². The first-order chi connectivity index (χ1) is 8.64. The van der Waals surface area contributed by atoms with Gasteiger partial charge in [-0.2, -0.15) is 0 Å². The van der Waals surface area contributed by atoms with Gasteiger partial charge in [0.2, 0.25) is 0 Å². The lowest BCUT2D eigenvalue weighted by Gasteiger charge is -2.32. The summed E-state index contributed by atoms with van der Waals surface area (Å²) >= 11 is 0. The van der Waals surface area contributed by atoms with Gasteiger partial charge < -0.3 is 14.2 Å². The molecule has 4 heteroatoms. The van der Waals surface area contributed by atoms with Gasteiger partial charge in [0, 0.05) is 19.8 Å². The molecule has 1 fully saturated rings. The lowest BCUT2D eigenvalue weighted by molar-refractivity contribution is 0.00578. The fourth-order valence-corrected chi connectivity index (χ4v) is 2.17. The van der Waals surface area contributed by atoms with Crippen LogP contribution >= 0.6 is 0 Å². The molecule has 0 aliphatic carbocycles. The summed E-state index contributed by atoms with van der Waals surface area (Å²) in [5.74, 6) is 0. The maximum atomic E-state index is 6.10. The number of hydrogen-bond acceptors (Lipinski definition) is 3. The van der Waals surface area contributed by atoms with Crippen LogP contribution in [-0.4, -0.2) is 32.4 Å². The highest BCUT2D eigenvalue weighted by molar-refractivity contribution is 6.62. The zero-order chi connectivity index (χ0) is 14.4. The molecule has 0 saturated carbocycles. The highest BCUT2D eigenvalue weighted by Gasteiger charge is 2.51. The molecule has 0 unspecified atom stereocenters. The number of aryl methyl sites for hydroxylation is 1. The van der Waals surface area contributed by atoms with E-state index in [0.717, 1.165) is 5.46 Å². The molecule has 1 heterocycles. The lowest BCUT2D eigenvalue weighted by atomic mass is 9.76. The van der Waals surface area contributed by atoms with Crippen LogP contribution in [0.4, 0.5) is 5.69 Å². The van der Waals surface area contributed by atoms with Crippen LogP contribution in [0.15, 0.2) is 18.2 Å². The van der Waals surface area contributed by atoms with E-state index in [1.807, 2.05) is 14.1 Å². The minimum Gasteiger partial charge on any atom is -0.399 e. The molecule has 0 amide bonds. The summed E-state index contributed by atoms with van der Waals surface area (Å²) in [6.45, 7) is 10.4. The zero-order valence-electron chi connectivity index (χ0n) is 13.1. The molecule has 1 aliphatic rings. The summed E-state index contributed by atoms with van der Waals surface area (Å²) in [7, 11) is 3.81. The molecule has 2 rings (SSSR count). The Morgan fingerprint density at radius 3 is 1.95 bits per heavy atom. The van der Waals surface area contributed by atoms with Gasteiger partial charge in [0.25, 0.3) is 0 Å². The molecule has 0 aromatic heterocycles. The standard InChI is InChI=1S/C15H24BNO2/c1-11-10-12(17(6)7)8-9-13(11)16-18-14(2,3)15(4,5)19-16/h8-10H,1-7H3. The number of nitrogens with zero attached hydrogens (tertiary/aromatic N) is 1. The minimum absolute atomic E-state index is 0.277. The Morgan fingerprint density at radius 2 is 1.53 bits per heavy atom. The van der Waals surface area contributed by atoms with E-state index in [4.69, 9.17) is 9.31 Å². The summed E-state index contributed by atoms with van der Waals surface area (Å²) in [6, 6.07) is 6.38. The van der Waals surface area contributed by atoms with E-state index in [1.165, 1.54) is 11.3 Å². The summed E-state index contributed by atoms with van der Waals surface area (Å²) in [5, 5.41) is 0. The normalized spacial score (nSPS) is 20.7. The van der Waals surface area contributed by atoms with E-state index in [2.05, 4.69) is 57.7 Å². The van der Waals surface area contributed by atoms with Crippen molar-refractivity contribution in [3.63, 3.8) is 0 Å². The fraction of sp³-hybridized carbons (Fsp3) is 0.600. The number of rotatable bonds is 2. The van der Waals surface area contributed by atoms with Crippen LogP contribution in [0.5, 0.6) is 0 Å². The molecule has 1 saturated heterocycles. The van der Waals surface area contributed by atoms with Gasteiger partial charge in [-0.1, -0.05) is 6.07 Å². The molecule has 104 valence electrons. The van der Waals surface area contributed by atoms with Crippen molar-refractivity contribution >= 4 is 18.3 Å². The van der Waals surface area contributed by atoms with Gasteiger partial charge >= 0.3 is 7.12 Å². The lowest BCUT2D eigenvalue weighted by Crippen LogP contribution is -2.41. The highest BCUT2D eigenvalue weighted by atomic mass is 16.7. The zero-order valence-corrected chi connectivity index (χ0v) is 13.1. The van der Waals surface area contributed by atoms with Gasteiger partial charge in [0.1, 0.15) is 0 Å². The maximum absolute atomic E-state index is 6.10. The van der Waals surface area contributed by atoms with Gasteiger partial charge in [-0.05, 0) is 57.8 Å². The molecule has 19 heavy (non-hydrogen) atoms. The van der Waals surface area contributed by atoms with Gasteiger partial charge in [-0.3, -0.25) is 0 Å². The molecular formula is C15H24BNO2. The highest BCUT2D eigenvalue weighted by Crippen LogP contribution is 2.36. The summed E-state index contributed by atoms with van der Waals surface area (Å²) in [4.78, 5) is 2.10. The molecule has 0 spiro atoms. The first-order valence-corrected chi connectivity index (χ1v) is 6.77. The Morgan fingerprint density at radius 1 is 1.00 bits per heavy atom. The maximum Gasteiger partial charge on any atom is 0.495 e. The SMILES string of the molecule is Cc1cc(N(C)C)ccc1B1OC(C)(C)C(C)(C)O1. The van der Waals surface area contributed by atoms with Crippen molar-refractivity contribution in [1.29, 1.82) is 0 Å². The van der Waals surface area contributed by atoms with Crippen LogP contribution in [0.1, 0.15) is 33.3 Å². The van der Waals surface area contributed by atoms with Crippen molar-refractivity contribution in [3.05, 3.63) is 23.8 Å². The Labute approximate surface area is 117 Å². The molecule has 1 aromatic carbocycles. The molecule has 0 bridgehead atoms. The van der Waals surface area contributed by atoms with Gasteiger partial charge in [-0.15, -0.1) is 0 Å². The predicted octanol–water partition coefficient (Wildman–Crippen LogP) is 2.36. The molecule has 1 aliphatic heterocycles. The molecule has 0 radical (unpaired) electrons. The quantitative estimate of drug-likeness (QED) is 0.763. The van der Waals surface area contributed by atoms with Crippen molar-refractivity contribution in [2.24, 2.45) is 0 Å². The van der Waals surface area contributed by atoms with Crippen LogP contribution < -0.4 is 10.4 Å². The fourth-order valence-electron chi connectivity index (χ4n) is 2.17. The van der Waals surface area contributed by atoms with Crippen LogP contribution in [0.25, 0.3) is 0 Å². The second-order valence-electron chi connectivity index (χ2n) is 6.52. The van der Waals surface area contributed by atoms with Gasteiger partial charge in [-0.25, -0.2) is 0 Å². The third-order valence-electron chi connectivity index (χ3n) is 4.28. The Kier molecular flexibility index (Phi) is 3.44. The molecule has 3 nitrogen and oxygen atoms in total. The summed E-state index contributed by atoms with van der Waals surface area (Å²) in [6.07, 6.45) is 0. The van der Waals surface area contributed by atoms with Crippen LogP contribution in [0, 0.1) is 6.92 Å². The molecule has 1 aromatic rings. The molecule has 0 atom stereocenters. The average Bonchev–Trinajstić information content (AvgIpc) is 2.47. The van der Waals surface area contributed by atoms with Gasteiger partial charge in [0.15, 0.2) is 0 Å². The third-order valence-corrected chi connectivity index (χ3v) is 4.28. The largest absolute Gasteiger partial charge is 0.495 e. The summed E-state index contributed by atoms with van der Waals surface area (Å²) < 4.78 is 12.2. The predicted molar refractivity (Wildman–Crippen MR) is 81.2 cm³/mol. The number of benzene rings is 1. The van der Waals surface area contributed by atoms with Crippen LogP contribution in [0.3, 0.4) is 0 Å². The first kappa shape index (κ1) is 14.4. The Balaban J connectivity index is 2.30. The topological polar surface area (TPSA) is 21.7 Å². The molecule has 0 N–H and O–H groups in total.